The number of nitrogens with two attached hydrogens (primary N) is 1. The molecule has 0 saturated heterocycles. The summed E-state index contributed by atoms with van der Waals surface area (Å²) in [5.41, 5.74) is 6.46. The Morgan fingerprint density at radius 3 is 2.86 bits per heavy atom. The van der Waals surface area contributed by atoms with Gasteiger partial charge in [0.1, 0.15) is 0 Å². The van der Waals surface area contributed by atoms with Gasteiger partial charge in [-0.3, -0.25) is 0 Å². The molecule has 0 saturated carbocycles. The van der Waals surface area contributed by atoms with Crippen molar-refractivity contribution >= 4 is 44.3 Å². The smallest absolute Gasteiger partial charge is 0.166 e. The highest BCUT2D eigenvalue weighted by Crippen LogP contribution is 2.21. The highest BCUT2D eigenvalue weighted by Gasteiger charge is 2.04. The molecule has 1 aromatic heterocycles. The highest BCUT2D eigenvalue weighted by molar-refractivity contribution is 14.1. The third-order valence-electron chi connectivity index (χ3n) is 1.67. The van der Waals surface area contributed by atoms with Gasteiger partial charge in [-0.15, -0.1) is 5.10 Å². The van der Waals surface area contributed by atoms with Gasteiger partial charge in [-0.05, 0) is 40.8 Å². The minimum Gasteiger partial charge on any atom is -0.381 e. The monoisotopic (exact) mass is 364 g/mol. The Balaban J connectivity index is 2.55. The van der Waals surface area contributed by atoms with Crippen LogP contribution in [-0.4, -0.2) is 15.0 Å². The van der Waals surface area contributed by atoms with Gasteiger partial charge in [0.15, 0.2) is 5.82 Å². The Hall–Kier alpha value is -0.630. The lowest BCUT2D eigenvalue weighted by Gasteiger charge is -2.03. The van der Waals surface area contributed by atoms with E-state index in [2.05, 4.69) is 48.8 Å². The normalized spacial score (nSPS) is 10.4. The van der Waals surface area contributed by atoms with E-state index >= 15 is 0 Å². The topological polar surface area (TPSA) is 56.7 Å². The second-order valence-corrected chi connectivity index (χ2v) is 4.76. The third-order valence-corrected chi connectivity index (χ3v) is 3.07. The van der Waals surface area contributed by atoms with Crippen molar-refractivity contribution in [2.24, 2.45) is 0 Å². The molecule has 0 aliphatic rings. The molecule has 1 heterocycles. The van der Waals surface area contributed by atoms with Crippen molar-refractivity contribution in [3.05, 3.63) is 32.4 Å². The van der Waals surface area contributed by atoms with E-state index in [1.807, 2.05) is 18.2 Å². The number of benzene rings is 1. The van der Waals surface area contributed by atoms with E-state index in [9.17, 15) is 0 Å². The average Bonchev–Trinajstić information content (AvgIpc) is 2.56. The molecule has 2 rings (SSSR count). The summed E-state index contributed by atoms with van der Waals surface area (Å²) in [6.45, 7) is 0. The van der Waals surface area contributed by atoms with Crippen molar-refractivity contribution in [3.63, 3.8) is 0 Å². The molecule has 0 unspecified atom stereocenters. The summed E-state index contributed by atoms with van der Waals surface area (Å²) < 4.78 is 3.75. The maximum absolute atomic E-state index is 5.50. The van der Waals surface area contributed by atoms with Crippen LogP contribution in [0, 0.1) is 3.57 Å². The lowest BCUT2D eigenvalue weighted by Crippen LogP contribution is -1.97. The molecule has 0 fully saturated rings. The maximum atomic E-state index is 5.50. The quantitative estimate of drug-likeness (QED) is 0.789. The molecule has 6 heteroatoms. The van der Waals surface area contributed by atoms with Crippen molar-refractivity contribution in [2.45, 2.75) is 0 Å². The Bertz CT molecular complexity index is 468. The molecule has 1 aromatic carbocycles. The van der Waals surface area contributed by atoms with Gasteiger partial charge in [0.05, 0.1) is 11.9 Å². The Morgan fingerprint density at radius 2 is 2.21 bits per heavy atom. The van der Waals surface area contributed by atoms with Gasteiger partial charge in [0, 0.05) is 8.04 Å². The summed E-state index contributed by atoms with van der Waals surface area (Å²) in [5.74, 6) is 0.417. The summed E-state index contributed by atoms with van der Waals surface area (Å²) in [5, 5.41) is 7.64. The van der Waals surface area contributed by atoms with Gasteiger partial charge in [0.2, 0.25) is 0 Å². The lowest BCUT2D eigenvalue weighted by molar-refractivity contribution is 0.800. The SMILES string of the molecule is Nc1cn(-c2cc(Br)ccc2I)nn1. The number of hydrogen-bond acceptors (Lipinski definition) is 3. The Kier molecular flexibility index (Phi) is 2.73. The molecule has 72 valence electrons. The lowest BCUT2D eigenvalue weighted by atomic mass is 10.3. The molecule has 0 bridgehead atoms. The molecule has 4 nitrogen and oxygen atoms in total. The van der Waals surface area contributed by atoms with Crippen LogP contribution >= 0.6 is 38.5 Å². The molecule has 0 radical (unpaired) electrons. The van der Waals surface area contributed by atoms with Gasteiger partial charge < -0.3 is 5.73 Å². The first-order chi connectivity index (χ1) is 6.66. The second kappa shape index (κ2) is 3.85. The number of aromatic nitrogens is 3. The number of hydrogen-bond donors (Lipinski definition) is 1. The van der Waals surface area contributed by atoms with Crippen LogP contribution in [0.2, 0.25) is 0 Å². The van der Waals surface area contributed by atoms with Gasteiger partial charge in [0.25, 0.3) is 0 Å². The van der Waals surface area contributed by atoms with E-state index in [0.29, 0.717) is 5.82 Å². The van der Waals surface area contributed by atoms with Crippen LogP contribution in [0.1, 0.15) is 0 Å². The average molecular weight is 365 g/mol. The summed E-state index contributed by atoms with van der Waals surface area (Å²) >= 11 is 5.64. The van der Waals surface area contributed by atoms with E-state index < -0.39 is 0 Å². The van der Waals surface area contributed by atoms with Crippen molar-refractivity contribution in [1.29, 1.82) is 0 Å². The van der Waals surface area contributed by atoms with Crippen molar-refractivity contribution in [3.8, 4) is 5.69 Å². The molecule has 0 atom stereocenters. The minimum absolute atomic E-state index is 0.417. The zero-order chi connectivity index (χ0) is 10.1. The third kappa shape index (κ3) is 1.90. The summed E-state index contributed by atoms with van der Waals surface area (Å²) in [6.07, 6.45) is 1.68. The Morgan fingerprint density at radius 1 is 1.43 bits per heavy atom. The molecule has 0 spiro atoms. The van der Waals surface area contributed by atoms with E-state index in [-0.39, 0.29) is 0 Å². The van der Waals surface area contributed by atoms with Crippen LogP contribution in [-0.2, 0) is 0 Å². The molecular weight excluding hydrogens is 359 g/mol. The molecular formula is C8H6BrIN4. The first-order valence-electron chi connectivity index (χ1n) is 3.80. The largest absolute Gasteiger partial charge is 0.381 e. The number of halogens is 2. The first-order valence-corrected chi connectivity index (χ1v) is 5.67. The predicted molar refractivity (Wildman–Crippen MR) is 66.2 cm³/mol. The van der Waals surface area contributed by atoms with Crippen LogP contribution in [0.15, 0.2) is 28.9 Å². The van der Waals surface area contributed by atoms with E-state index in [4.69, 9.17) is 5.73 Å². The van der Waals surface area contributed by atoms with Crippen molar-refractivity contribution < 1.29 is 0 Å². The van der Waals surface area contributed by atoms with Crippen molar-refractivity contribution in [2.75, 3.05) is 5.73 Å². The zero-order valence-corrected chi connectivity index (χ0v) is 10.7. The fourth-order valence-electron chi connectivity index (χ4n) is 1.06. The summed E-state index contributed by atoms with van der Waals surface area (Å²) in [6, 6.07) is 5.94. The zero-order valence-electron chi connectivity index (χ0n) is 6.98. The van der Waals surface area contributed by atoms with E-state index in [1.165, 1.54) is 0 Å². The fourth-order valence-corrected chi connectivity index (χ4v) is 1.99. The molecule has 0 aliphatic carbocycles. The molecule has 14 heavy (non-hydrogen) atoms. The van der Waals surface area contributed by atoms with Crippen LogP contribution < -0.4 is 5.73 Å². The van der Waals surface area contributed by atoms with Crippen molar-refractivity contribution in [1.82, 2.24) is 15.0 Å². The molecule has 0 amide bonds. The molecule has 0 aliphatic heterocycles. The van der Waals surface area contributed by atoms with Gasteiger partial charge in [-0.2, -0.15) is 0 Å². The second-order valence-electron chi connectivity index (χ2n) is 2.68. The van der Waals surface area contributed by atoms with Crippen LogP contribution in [0.5, 0.6) is 0 Å². The number of rotatable bonds is 1. The summed E-state index contributed by atoms with van der Waals surface area (Å²) in [4.78, 5) is 0. The van der Waals surface area contributed by atoms with Gasteiger partial charge in [-0.1, -0.05) is 21.1 Å². The summed E-state index contributed by atoms with van der Waals surface area (Å²) in [7, 11) is 0. The standard InChI is InChI=1S/C8H6BrIN4/c9-5-1-2-6(10)7(3-5)14-4-8(11)12-13-14/h1-4H,11H2. The number of anilines is 1. The number of nitrogen functional groups attached to an aromatic ring is 1. The molecule has 2 N–H and O–H groups in total. The van der Waals surface area contributed by atoms with Gasteiger partial charge >= 0.3 is 0 Å². The predicted octanol–water partition coefficient (Wildman–Crippen LogP) is 2.22. The van der Waals surface area contributed by atoms with Crippen LogP contribution in [0.4, 0.5) is 5.82 Å². The highest BCUT2D eigenvalue weighted by atomic mass is 127. The fraction of sp³-hybridized carbons (Fsp3) is 0. The van der Waals surface area contributed by atoms with E-state index in [1.54, 1.807) is 10.9 Å². The minimum atomic E-state index is 0.417. The maximum Gasteiger partial charge on any atom is 0.166 e. The first kappa shape index (κ1) is 9.91. The number of nitrogens with zero attached hydrogens (tertiary/aromatic N) is 3. The Labute approximate surface area is 103 Å². The molecule has 2 aromatic rings. The van der Waals surface area contributed by atoms with Crippen LogP contribution in [0.25, 0.3) is 5.69 Å². The van der Waals surface area contributed by atoms with E-state index in [0.717, 1.165) is 13.7 Å². The van der Waals surface area contributed by atoms with Gasteiger partial charge in [-0.25, -0.2) is 4.68 Å². The van der Waals surface area contributed by atoms with Crippen LogP contribution in [0.3, 0.4) is 0 Å².